The van der Waals surface area contributed by atoms with Crippen LogP contribution in [0.2, 0.25) is 0 Å². The van der Waals surface area contributed by atoms with E-state index in [1.807, 2.05) is 18.2 Å². The molecule has 1 N–H and O–H groups in total. The highest BCUT2D eigenvalue weighted by Crippen LogP contribution is 2.48. The number of ether oxygens (including phenoxy) is 5. The quantitative estimate of drug-likeness (QED) is 0.886. The summed E-state index contributed by atoms with van der Waals surface area (Å²) in [6.45, 7) is 2.25. The van der Waals surface area contributed by atoms with E-state index in [0.29, 0.717) is 28.7 Å². The lowest BCUT2D eigenvalue weighted by Crippen LogP contribution is -2.27. The SMILES string of the molecule is COc1cc2c(cc1[C@@H](c1cc3c(cc1O)OCO3)N1CCCC1)OCO2. The fourth-order valence-electron chi connectivity index (χ4n) is 4.06. The molecule has 0 bridgehead atoms. The van der Waals surface area contributed by atoms with Gasteiger partial charge in [-0.2, -0.15) is 0 Å². The van der Waals surface area contributed by atoms with E-state index >= 15 is 0 Å². The molecule has 5 rings (SSSR count). The van der Waals surface area contributed by atoms with Gasteiger partial charge in [0.15, 0.2) is 23.0 Å². The van der Waals surface area contributed by atoms with Crippen molar-refractivity contribution in [1.82, 2.24) is 4.90 Å². The minimum absolute atomic E-state index is 0.167. The third-order valence-corrected chi connectivity index (χ3v) is 5.34. The lowest BCUT2D eigenvalue weighted by molar-refractivity contribution is 0.173. The molecule has 0 radical (unpaired) electrons. The number of phenols is 1. The number of aromatic hydroxyl groups is 1. The molecule has 0 amide bonds. The maximum atomic E-state index is 10.8. The zero-order valence-electron chi connectivity index (χ0n) is 15.1. The molecule has 0 saturated carbocycles. The predicted molar refractivity (Wildman–Crippen MR) is 96.0 cm³/mol. The first-order valence-electron chi connectivity index (χ1n) is 9.08. The summed E-state index contributed by atoms with van der Waals surface area (Å²) in [7, 11) is 1.64. The first-order chi connectivity index (χ1) is 13.2. The summed E-state index contributed by atoms with van der Waals surface area (Å²) in [5.41, 5.74) is 1.69. The van der Waals surface area contributed by atoms with E-state index in [0.717, 1.165) is 37.1 Å². The van der Waals surface area contributed by atoms with E-state index in [9.17, 15) is 5.11 Å². The smallest absolute Gasteiger partial charge is 0.231 e. The van der Waals surface area contributed by atoms with Gasteiger partial charge in [-0.25, -0.2) is 0 Å². The van der Waals surface area contributed by atoms with Crippen LogP contribution < -0.4 is 23.7 Å². The van der Waals surface area contributed by atoms with Crippen LogP contribution in [-0.2, 0) is 0 Å². The molecule has 27 heavy (non-hydrogen) atoms. The van der Waals surface area contributed by atoms with Gasteiger partial charge < -0.3 is 28.8 Å². The average Bonchev–Trinajstić information content (AvgIpc) is 3.42. The van der Waals surface area contributed by atoms with Gasteiger partial charge in [0.05, 0.1) is 13.2 Å². The Kier molecular flexibility index (Phi) is 3.89. The highest BCUT2D eigenvalue weighted by Gasteiger charge is 2.33. The summed E-state index contributed by atoms with van der Waals surface area (Å²) in [6.07, 6.45) is 2.24. The van der Waals surface area contributed by atoms with Crippen molar-refractivity contribution in [3.63, 3.8) is 0 Å². The molecule has 7 nitrogen and oxygen atoms in total. The molecule has 1 fully saturated rings. The van der Waals surface area contributed by atoms with E-state index in [-0.39, 0.29) is 25.4 Å². The molecule has 2 aromatic carbocycles. The second kappa shape index (κ2) is 6.42. The second-order valence-corrected chi connectivity index (χ2v) is 6.86. The lowest BCUT2D eigenvalue weighted by atomic mass is 9.94. The standard InChI is InChI=1S/C20H21NO6/c1-23-15-9-19-17(25-11-27-19)7-13(15)20(21-4-2-3-5-21)12-6-16-18(8-14(12)22)26-10-24-16/h6-9,20,22H,2-5,10-11H2,1H3/t20-/m1/s1. The van der Waals surface area contributed by atoms with Crippen molar-refractivity contribution in [2.45, 2.75) is 18.9 Å². The number of fused-ring (bicyclic) bond motifs is 2. The summed E-state index contributed by atoms with van der Waals surface area (Å²) < 4.78 is 27.7. The maximum absolute atomic E-state index is 10.8. The Morgan fingerprint density at radius 1 is 0.852 bits per heavy atom. The van der Waals surface area contributed by atoms with Gasteiger partial charge >= 0.3 is 0 Å². The van der Waals surface area contributed by atoms with Crippen molar-refractivity contribution in [2.75, 3.05) is 33.8 Å². The number of rotatable bonds is 4. The Morgan fingerprint density at radius 3 is 2.04 bits per heavy atom. The minimum Gasteiger partial charge on any atom is -0.507 e. The van der Waals surface area contributed by atoms with Crippen molar-refractivity contribution >= 4 is 0 Å². The van der Waals surface area contributed by atoms with Gasteiger partial charge in [0.25, 0.3) is 0 Å². The summed E-state index contributed by atoms with van der Waals surface area (Å²) in [4.78, 5) is 2.34. The van der Waals surface area contributed by atoms with Gasteiger partial charge in [-0.15, -0.1) is 0 Å². The number of likely N-dealkylation sites (tertiary alicyclic amines) is 1. The fourth-order valence-corrected chi connectivity index (χ4v) is 4.06. The van der Waals surface area contributed by atoms with Crippen LogP contribution in [0.1, 0.15) is 30.0 Å². The molecule has 0 aliphatic carbocycles. The Morgan fingerprint density at radius 2 is 1.41 bits per heavy atom. The molecule has 0 aromatic heterocycles. The molecule has 1 saturated heterocycles. The molecule has 3 aliphatic rings. The number of phenolic OH excluding ortho intramolecular Hbond substituents is 1. The molecular formula is C20H21NO6. The van der Waals surface area contributed by atoms with Gasteiger partial charge in [-0.1, -0.05) is 0 Å². The summed E-state index contributed by atoms with van der Waals surface area (Å²) >= 11 is 0. The third kappa shape index (κ3) is 2.70. The Balaban J connectivity index is 1.67. The van der Waals surface area contributed by atoms with Crippen LogP contribution in [0.5, 0.6) is 34.5 Å². The molecular weight excluding hydrogens is 350 g/mol. The average molecular weight is 371 g/mol. The molecule has 142 valence electrons. The van der Waals surface area contributed by atoms with E-state index in [1.54, 1.807) is 13.2 Å². The Labute approximate surface area is 157 Å². The topological polar surface area (TPSA) is 69.6 Å². The molecule has 1 atom stereocenters. The van der Waals surface area contributed by atoms with E-state index < -0.39 is 0 Å². The molecule has 2 aromatic rings. The number of benzene rings is 2. The molecule has 0 unspecified atom stereocenters. The van der Waals surface area contributed by atoms with Crippen LogP contribution in [0.25, 0.3) is 0 Å². The van der Waals surface area contributed by atoms with Gasteiger partial charge in [0, 0.05) is 23.3 Å². The minimum atomic E-state index is -0.188. The van der Waals surface area contributed by atoms with Crippen molar-refractivity contribution in [3.05, 3.63) is 35.4 Å². The zero-order chi connectivity index (χ0) is 18.4. The van der Waals surface area contributed by atoms with Crippen LogP contribution in [-0.4, -0.2) is 43.8 Å². The third-order valence-electron chi connectivity index (χ3n) is 5.34. The highest BCUT2D eigenvalue weighted by atomic mass is 16.7. The summed E-state index contributed by atoms with van der Waals surface area (Å²) in [5.74, 6) is 3.45. The zero-order valence-corrected chi connectivity index (χ0v) is 15.1. The lowest BCUT2D eigenvalue weighted by Gasteiger charge is -2.30. The monoisotopic (exact) mass is 371 g/mol. The van der Waals surface area contributed by atoms with E-state index in [2.05, 4.69) is 4.90 Å². The predicted octanol–water partition coefficient (Wildman–Crippen LogP) is 3.04. The van der Waals surface area contributed by atoms with Crippen molar-refractivity contribution < 1.29 is 28.8 Å². The van der Waals surface area contributed by atoms with Gasteiger partial charge in [-0.05, 0) is 38.1 Å². The van der Waals surface area contributed by atoms with Crippen LogP contribution >= 0.6 is 0 Å². The number of hydrogen-bond acceptors (Lipinski definition) is 7. The van der Waals surface area contributed by atoms with Crippen LogP contribution in [0.15, 0.2) is 24.3 Å². The second-order valence-electron chi connectivity index (χ2n) is 6.86. The largest absolute Gasteiger partial charge is 0.507 e. The van der Waals surface area contributed by atoms with Gasteiger partial charge in [0.2, 0.25) is 13.6 Å². The number of hydrogen-bond donors (Lipinski definition) is 1. The fraction of sp³-hybridized carbons (Fsp3) is 0.400. The van der Waals surface area contributed by atoms with E-state index in [1.165, 1.54) is 0 Å². The highest BCUT2D eigenvalue weighted by molar-refractivity contribution is 5.59. The maximum Gasteiger partial charge on any atom is 0.231 e. The summed E-state index contributed by atoms with van der Waals surface area (Å²) in [5, 5.41) is 10.8. The first-order valence-corrected chi connectivity index (χ1v) is 9.08. The van der Waals surface area contributed by atoms with Crippen molar-refractivity contribution in [3.8, 4) is 34.5 Å². The number of methoxy groups -OCH3 is 1. The van der Waals surface area contributed by atoms with Crippen molar-refractivity contribution in [2.24, 2.45) is 0 Å². The Hall–Kier alpha value is -2.80. The summed E-state index contributed by atoms with van der Waals surface area (Å²) in [6, 6.07) is 7.11. The molecule has 7 heteroatoms. The first kappa shape index (κ1) is 16.4. The van der Waals surface area contributed by atoms with Gasteiger partial charge in [0.1, 0.15) is 11.5 Å². The van der Waals surface area contributed by atoms with E-state index in [4.69, 9.17) is 23.7 Å². The van der Waals surface area contributed by atoms with Gasteiger partial charge in [-0.3, -0.25) is 4.90 Å². The number of nitrogens with zero attached hydrogens (tertiary/aromatic N) is 1. The van der Waals surface area contributed by atoms with Crippen LogP contribution in [0, 0.1) is 0 Å². The van der Waals surface area contributed by atoms with Crippen LogP contribution in [0.4, 0.5) is 0 Å². The van der Waals surface area contributed by atoms with Crippen LogP contribution in [0.3, 0.4) is 0 Å². The van der Waals surface area contributed by atoms with Crippen molar-refractivity contribution in [1.29, 1.82) is 0 Å². The normalized spacial score (nSPS) is 18.7. The Bertz CT molecular complexity index is 877. The molecule has 3 aliphatic heterocycles. The molecule has 3 heterocycles. The molecule has 0 spiro atoms.